The second-order valence-corrected chi connectivity index (χ2v) is 18.0. The molecule has 0 fully saturated rings. The van der Waals surface area contributed by atoms with E-state index in [0.717, 1.165) is 0 Å². The Morgan fingerprint density at radius 3 is 0.704 bits per heavy atom. The minimum absolute atomic E-state index is 0.159. The third-order valence-electron chi connectivity index (χ3n) is 12.8. The van der Waals surface area contributed by atoms with Gasteiger partial charge in [-0.15, -0.1) is 0 Å². The Morgan fingerprint density at radius 1 is 0.296 bits per heavy atom. The van der Waals surface area contributed by atoms with Crippen molar-refractivity contribution < 1.29 is 38.1 Å². The number of carbonyl (C=O) groups excluding carboxylic acids is 4. The van der Waals surface area contributed by atoms with Gasteiger partial charge in [0.2, 0.25) is 0 Å². The van der Waals surface area contributed by atoms with E-state index in [1.54, 1.807) is 243 Å². The van der Waals surface area contributed by atoms with Crippen molar-refractivity contribution in [1.82, 2.24) is 0 Å². The number of ether oxygens (including phenoxy) is 4. The molecule has 0 amide bonds. The van der Waals surface area contributed by atoms with E-state index >= 15 is 4.79 Å². The minimum atomic E-state index is -2.40. The predicted octanol–water partition coefficient (Wildman–Crippen LogP) is 12.4. The Morgan fingerprint density at radius 2 is 0.494 bits per heavy atom. The molecule has 392 valence electrons. The lowest BCUT2D eigenvalue weighted by molar-refractivity contribution is -0.182. The molecule has 0 spiro atoms. The number of nitriles is 4. The molecule has 0 heterocycles. The van der Waals surface area contributed by atoms with E-state index in [9.17, 15) is 35.4 Å². The van der Waals surface area contributed by atoms with Crippen LogP contribution >= 0.6 is 0 Å². The number of rotatable bonds is 20. The molecule has 81 heavy (non-hydrogen) atoms. The second kappa shape index (κ2) is 27.6. The molecule has 0 atom stereocenters. The van der Waals surface area contributed by atoms with Crippen molar-refractivity contribution in [3.05, 3.63) is 309 Å². The van der Waals surface area contributed by atoms with Gasteiger partial charge in [-0.3, -0.25) is 0 Å². The molecule has 0 aliphatic carbocycles. The smallest absolute Gasteiger partial charge is 0.350 e. The summed E-state index contributed by atoms with van der Waals surface area (Å²) in [5.41, 5.74) is 0.554. The average molecular weight is 1060 g/mol. The van der Waals surface area contributed by atoms with Gasteiger partial charge in [0.05, 0.1) is 6.61 Å². The molecular formula is C69H48N4O8. The van der Waals surface area contributed by atoms with Gasteiger partial charge in [-0.1, -0.05) is 243 Å². The van der Waals surface area contributed by atoms with Gasteiger partial charge < -0.3 is 18.9 Å². The van der Waals surface area contributed by atoms with Gasteiger partial charge >= 0.3 is 23.9 Å². The highest BCUT2D eigenvalue weighted by atomic mass is 16.6. The van der Waals surface area contributed by atoms with E-state index in [1.807, 2.05) is 24.3 Å². The summed E-state index contributed by atoms with van der Waals surface area (Å²) in [7, 11) is 0. The molecule has 0 N–H and O–H groups in total. The van der Waals surface area contributed by atoms with E-state index in [-0.39, 0.29) is 27.9 Å². The highest BCUT2D eigenvalue weighted by Crippen LogP contribution is 2.34. The van der Waals surface area contributed by atoms with Gasteiger partial charge in [0.1, 0.15) is 59.8 Å². The fraction of sp³-hybridized carbons (Fsp3) is 0.0725. The van der Waals surface area contributed by atoms with Crippen LogP contribution in [-0.2, 0) is 38.1 Å². The number of nitrogens with zero attached hydrogens (tertiary/aromatic N) is 4. The maximum Gasteiger partial charge on any atom is 0.350 e. The van der Waals surface area contributed by atoms with Crippen LogP contribution in [0.1, 0.15) is 50.9 Å². The van der Waals surface area contributed by atoms with Crippen molar-refractivity contribution in [2.45, 2.75) is 12.0 Å². The van der Waals surface area contributed by atoms with Crippen LogP contribution in [0.25, 0.3) is 22.3 Å². The van der Waals surface area contributed by atoms with Gasteiger partial charge in [0.25, 0.3) is 0 Å². The van der Waals surface area contributed by atoms with Gasteiger partial charge in [-0.2, -0.15) is 21.0 Å². The van der Waals surface area contributed by atoms with E-state index in [1.165, 1.54) is 0 Å². The first-order valence-corrected chi connectivity index (χ1v) is 25.4. The largest absolute Gasteiger partial charge is 0.461 e. The van der Waals surface area contributed by atoms with Crippen molar-refractivity contribution in [2.24, 2.45) is 0 Å². The number of benzene rings is 8. The lowest BCUT2D eigenvalue weighted by atomic mass is 9.93. The van der Waals surface area contributed by atoms with Crippen LogP contribution in [0.2, 0.25) is 0 Å². The van der Waals surface area contributed by atoms with Gasteiger partial charge in [0.15, 0.2) is 5.60 Å². The first kappa shape index (κ1) is 55.8. The topological polar surface area (TPSA) is 200 Å². The highest BCUT2D eigenvalue weighted by Gasteiger charge is 2.41. The molecule has 8 rings (SSSR count). The Labute approximate surface area is 468 Å². The summed E-state index contributed by atoms with van der Waals surface area (Å²) < 4.78 is 24.4. The van der Waals surface area contributed by atoms with Crippen molar-refractivity contribution in [1.29, 1.82) is 21.0 Å². The van der Waals surface area contributed by atoms with Crippen LogP contribution in [0.3, 0.4) is 0 Å². The first-order valence-electron chi connectivity index (χ1n) is 25.4. The van der Waals surface area contributed by atoms with E-state index in [4.69, 9.17) is 18.9 Å². The lowest BCUT2D eigenvalue weighted by Gasteiger charge is -2.32. The Kier molecular flexibility index (Phi) is 19.0. The predicted molar refractivity (Wildman–Crippen MR) is 304 cm³/mol. The summed E-state index contributed by atoms with van der Waals surface area (Å²) in [4.78, 5) is 59.0. The normalized spacial score (nSPS) is 10.3. The number of carbonyl (C=O) groups is 4. The molecule has 0 aliphatic heterocycles. The maximum absolute atomic E-state index is 15.2. The van der Waals surface area contributed by atoms with Gasteiger partial charge in [0, 0.05) is 28.7 Å². The quantitative estimate of drug-likeness (QED) is 0.0303. The van der Waals surface area contributed by atoms with Gasteiger partial charge in [-0.25, -0.2) is 19.2 Å². The molecular weight excluding hydrogens is 1010 g/mol. The van der Waals surface area contributed by atoms with Crippen LogP contribution in [0.15, 0.2) is 265 Å². The molecule has 8 aromatic rings. The Bertz CT molecular complexity index is 3550. The summed E-state index contributed by atoms with van der Waals surface area (Å²) >= 11 is 0. The standard InChI is InChI=1S/C69H48N4O8/c70-43-57(61(49-25-9-1-10-26-49)50-27-11-2-12-28-50)65(74)78-42-41-69(81-68(77)60(46-73)64(55-37-21-7-22-38-55)56-39-23-8-24-40-56,47-79-66(75)58(44-71)62(51-29-13-3-14-30-51)52-31-15-4-16-32-52)48-80-67(76)59(45-72)63(53-33-17-5-18-34-53)54-35-19-6-20-36-54/h1-40H,41-42,47-48H2. The van der Waals surface area contributed by atoms with Crippen molar-refractivity contribution in [3.8, 4) is 24.3 Å². The number of hydrogen-bond acceptors (Lipinski definition) is 12. The van der Waals surface area contributed by atoms with E-state index in [2.05, 4.69) is 0 Å². The molecule has 12 heteroatoms. The molecule has 0 aliphatic rings. The molecule has 12 nitrogen and oxygen atoms in total. The van der Waals surface area contributed by atoms with Crippen LogP contribution in [-0.4, -0.2) is 49.3 Å². The molecule has 8 aromatic carbocycles. The lowest BCUT2D eigenvalue weighted by Crippen LogP contribution is -2.47. The molecule has 0 saturated heterocycles. The van der Waals surface area contributed by atoms with Crippen LogP contribution < -0.4 is 0 Å². The zero-order valence-electron chi connectivity index (χ0n) is 43.5. The Hall–Kier alpha value is -11.4. The molecule has 0 bridgehead atoms. The summed E-state index contributed by atoms with van der Waals surface area (Å²) in [6.45, 7) is -2.68. The van der Waals surface area contributed by atoms with Crippen molar-refractivity contribution >= 4 is 46.2 Å². The molecule has 0 saturated carbocycles. The first-order chi connectivity index (χ1) is 39.7. The zero-order chi connectivity index (χ0) is 56.8. The molecule has 0 radical (unpaired) electrons. The minimum Gasteiger partial charge on any atom is -0.461 e. The highest BCUT2D eigenvalue weighted by molar-refractivity contribution is 6.08. The average Bonchev–Trinajstić information content (AvgIpc) is 3.55. The maximum atomic E-state index is 15.2. The zero-order valence-corrected chi connectivity index (χ0v) is 43.5. The summed E-state index contributed by atoms with van der Waals surface area (Å²) in [5.74, 6) is -4.74. The van der Waals surface area contributed by atoms with Gasteiger partial charge in [-0.05, 0) is 44.5 Å². The summed E-state index contributed by atoms with van der Waals surface area (Å²) in [6.07, 6.45) is -0.633. The second-order valence-electron chi connectivity index (χ2n) is 18.0. The fourth-order valence-corrected chi connectivity index (χ4v) is 8.96. The van der Waals surface area contributed by atoms with E-state index in [0.29, 0.717) is 44.5 Å². The fourth-order valence-electron chi connectivity index (χ4n) is 8.96. The summed E-state index contributed by atoms with van der Waals surface area (Å²) in [6, 6.07) is 77.4. The van der Waals surface area contributed by atoms with Crippen LogP contribution in [0.5, 0.6) is 0 Å². The number of hydrogen-bond donors (Lipinski definition) is 0. The molecule has 0 aromatic heterocycles. The summed E-state index contributed by atoms with van der Waals surface area (Å²) in [5, 5.41) is 43.3. The van der Waals surface area contributed by atoms with Crippen molar-refractivity contribution in [3.63, 3.8) is 0 Å². The monoisotopic (exact) mass is 1060 g/mol. The van der Waals surface area contributed by atoms with Crippen LogP contribution in [0.4, 0.5) is 0 Å². The van der Waals surface area contributed by atoms with Crippen LogP contribution in [0, 0.1) is 45.3 Å². The Balaban J connectivity index is 1.28. The van der Waals surface area contributed by atoms with E-state index < -0.39 is 72.4 Å². The number of esters is 4. The molecule has 0 unspecified atom stereocenters. The third-order valence-corrected chi connectivity index (χ3v) is 12.8. The van der Waals surface area contributed by atoms with Crippen molar-refractivity contribution in [2.75, 3.05) is 19.8 Å². The third kappa shape index (κ3) is 13.8. The SMILES string of the molecule is N#CC(C(=O)OCCC(COC(=O)C(C#N)=C(c1ccccc1)c1ccccc1)(COC(=O)C(C#N)=C(c1ccccc1)c1ccccc1)OC(=O)C(C#N)=C(c1ccccc1)c1ccccc1)=C(c1ccccc1)c1ccccc1.